The van der Waals surface area contributed by atoms with Gasteiger partial charge >= 0.3 is 0 Å². The van der Waals surface area contributed by atoms with Crippen LogP contribution in [0.1, 0.15) is 51.0 Å². The van der Waals surface area contributed by atoms with Gasteiger partial charge in [-0.05, 0) is 50.3 Å². The Hall–Kier alpha value is -2.08. The minimum absolute atomic E-state index is 0.479. The van der Waals surface area contributed by atoms with Crippen molar-refractivity contribution in [1.82, 2.24) is 20.5 Å². The van der Waals surface area contributed by atoms with Gasteiger partial charge in [-0.15, -0.1) is 0 Å². The minimum atomic E-state index is 0.479. The molecule has 1 aromatic heterocycles. The molecule has 0 amide bonds. The van der Waals surface area contributed by atoms with E-state index in [1.54, 1.807) is 0 Å². The molecule has 0 saturated carbocycles. The lowest BCUT2D eigenvalue weighted by atomic mass is 10.0. The van der Waals surface area contributed by atoms with Crippen LogP contribution in [0.15, 0.2) is 35.5 Å². The van der Waals surface area contributed by atoms with Gasteiger partial charge in [0, 0.05) is 58.6 Å². The van der Waals surface area contributed by atoms with E-state index < -0.39 is 0 Å². The molecule has 0 atom stereocenters. The summed E-state index contributed by atoms with van der Waals surface area (Å²) in [5.41, 5.74) is 2.49. The molecule has 2 saturated heterocycles. The summed E-state index contributed by atoms with van der Waals surface area (Å²) >= 11 is 0. The number of nitrogens with one attached hydrogen (secondary N) is 2. The van der Waals surface area contributed by atoms with Crippen molar-refractivity contribution in [1.29, 1.82) is 0 Å². The van der Waals surface area contributed by atoms with E-state index in [1.165, 1.54) is 36.8 Å². The van der Waals surface area contributed by atoms with Gasteiger partial charge in [0.1, 0.15) is 5.82 Å². The number of anilines is 1. The summed E-state index contributed by atoms with van der Waals surface area (Å²) < 4.78 is 0. The molecule has 0 radical (unpaired) electrons. The molecule has 3 heterocycles. The van der Waals surface area contributed by atoms with Gasteiger partial charge in [-0.25, -0.2) is 4.98 Å². The minimum Gasteiger partial charge on any atom is -0.357 e. The number of pyridine rings is 1. The monoisotopic (exact) mass is 398 g/mol. The van der Waals surface area contributed by atoms with Crippen LogP contribution in [0.25, 0.3) is 0 Å². The Labute approximate surface area is 176 Å². The van der Waals surface area contributed by atoms with Crippen LogP contribution in [0.5, 0.6) is 0 Å². The standard InChI is InChI=1S/C23H38N6/c1-19(2)18-28-14-9-21(10-15-28)27-23(24-3)26-17-20-8-11-25-22(16-20)29-12-6-4-5-7-13-29/h8,11,16,21H,1,4-7,9-10,12-15,17-18H2,2-3H3,(H2,24,26,27). The molecule has 6 nitrogen and oxygen atoms in total. The van der Waals surface area contributed by atoms with E-state index in [2.05, 4.69) is 56.0 Å². The molecule has 0 aromatic carbocycles. The van der Waals surface area contributed by atoms with Gasteiger partial charge in [-0.1, -0.05) is 25.0 Å². The van der Waals surface area contributed by atoms with Gasteiger partial charge < -0.3 is 15.5 Å². The average molecular weight is 399 g/mol. The van der Waals surface area contributed by atoms with E-state index in [0.29, 0.717) is 6.04 Å². The maximum Gasteiger partial charge on any atom is 0.191 e. The highest BCUT2D eigenvalue weighted by Crippen LogP contribution is 2.18. The molecule has 1 aromatic rings. The molecular formula is C23H38N6. The zero-order valence-electron chi connectivity index (χ0n) is 18.3. The fourth-order valence-corrected chi connectivity index (χ4v) is 4.23. The van der Waals surface area contributed by atoms with E-state index in [-0.39, 0.29) is 0 Å². The molecule has 2 N–H and O–H groups in total. The summed E-state index contributed by atoms with van der Waals surface area (Å²) in [6.45, 7) is 12.4. The molecule has 2 aliphatic heterocycles. The molecule has 2 aliphatic rings. The maximum absolute atomic E-state index is 4.61. The van der Waals surface area contributed by atoms with Gasteiger partial charge in [0.15, 0.2) is 5.96 Å². The third kappa shape index (κ3) is 7.03. The molecule has 0 aliphatic carbocycles. The highest BCUT2D eigenvalue weighted by molar-refractivity contribution is 5.80. The lowest BCUT2D eigenvalue weighted by Gasteiger charge is -2.33. The van der Waals surface area contributed by atoms with Crippen LogP contribution in [-0.4, -0.2) is 61.7 Å². The van der Waals surface area contributed by atoms with Crippen LogP contribution in [0.2, 0.25) is 0 Å². The van der Waals surface area contributed by atoms with Crippen LogP contribution in [0.3, 0.4) is 0 Å². The van der Waals surface area contributed by atoms with Crippen molar-refractivity contribution < 1.29 is 0 Å². The predicted molar refractivity (Wildman–Crippen MR) is 123 cm³/mol. The first-order chi connectivity index (χ1) is 14.1. The zero-order valence-corrected chi connectivity index (χ0v) is 18.3. The number of hydrogen-bond donors (Lipinski definition) is 2. The number of piperidine rings is 1. The molecule has 0 bridgehead atoms. The molecule has 0 unspecified atom stereocenters. The van der Waals surface area contributed by atoms with Crippen molar-refractivity contribution in [2.24, 2.45) is 4.99 Å². The summed E-state index contributed by atoms with van der Waals surface area (Å²) in [4.78, 5) is 14.0. The Kier molecular flexibility index (Phi) is 8.35. The molecule has 3 rings (SSSR count). The maximum atomic E-state index is 4.61. The SMILES string of the molecule is C=C(C)CN1CCC(NC(=NC)NCc2ccnc(N3CCCCCC3)c2)CC1. The quantitative estimate of drug-likeness (QED) is 0.438. The second-order valence-electron chi connectivity index (χ2n) is 8.50. The Balaban J connectivity index is 1.47. The summed E-state index contributed by atoms with van der Waals surface area (Å²) in [5.74, 6) is 2.00. The highest BCUT2D eigenvalue weighted by atomic mass is 15.2. The number of hydrogen-bond acceptors (Lipinski definition) is 4. The normalized spacial score (nSPS) is 19.7. The Morgan fingerprint density at radius 3 is 2.55 bits per heavy atom. The van der Waals surface area contributed by atoms with Gasteiger partial charge in [0.05, 0.1) is 0 Å². The molecule has 0 spiro atoms. The fourth-order valence-electron chi connectivity index (χ4n) is 4.23. The second-order valence-corrected chi connectivity index (χ2v) is 8.50. The number of aliphatic imine (C=N–C) groups is 1. The molecule has 2 fully saturated rings. The van der Waals surface area contributed by atoms with Crippen molar-refractivity contribution in [3.63, 3.8) is 0 Å². The lowest BCUT2D eigenvalue weighted by molar-refractivity contribution is 0.221. The van der Waals surface area contributed by atoms with E-state index in [1.807, 2.05) is 13.2 Å². The van der Waals surface area contributed by atoms with Crippen molar-refractivity contribution in [2.45, 2.75) is 58.0 Å². The first-order valence-electron chi connectivity index (χ1n) is 11.2. The molecule has 29 heavy (non-hydrogen) atoms. The summed E-state index contributed by atoms with van der Waals surface area (Å²) in [6.07, 6.45) is 9.44. The largest absolute Gasteiger partial charge is 0.357 e. The summed E-state index contributed by atoms with van der Waals surface area (Å²) in [5, 5.41) is 7.08. The van der Waals surface area contributed by atoms with Crippen LogP contribution in [0, 0.1) is 0 Å². The van der Waals surface area contributed by atoms with E-state index >= 15 is 0 Å². The van der Waals surface area contributed by atoms with Gasteiger partial charge in [0.25, 0.3) is 0 Å². The molecule has 6 heteroatoms. The summed E-state index contributed by atoms with van der Waals surface area (Å²) in [6, 6.07) is 4.80. The van der Waals surface area contributed by atoms with Crippen molar-refractivity contribution in [2.75, 3.05) is 44.7 Å². The van der Waals surface area contributed by atoms with Crippen LogP contribution in [-0.2, 0) is 6.54 Å². The Morgan fingerprint density at radius 1 is 1.17 bits per heavy atom. The smallest absolute Gasteiger partial charge is 0.191 e. The second kappa shape index (κ2) is 11.2. The van der Waals surface area contributed by atoms with E-state index in [4.69, 9.17) is 0 Å². The first-order valence-corrected chi connectivity index (χ1v) is 11.2. The third-order valence-corrected chi connectivity index (χ3v) is 5.85. The van der Waals surface area contributed by atoms with Gasteiger partial charge in [0.2, 0.25) is 0 Å². The van der Waals surface area contributed by atoms with Crippen LogP contribution >= 0.6 is 0 Å². The first kappa shape index (κ1) is 21.6. The number of likely N-dealkylation sites (tertiary alicyclic amines) is 1. The number of nitrogens with zero attached hydrogens (tertiary/aromatic N) is 4. The van der Waals surface area contributed by atoms with Crippen molar-refractivity contribution in [3.05, 3.63) is 36.0 Å². The van der Waals surface area contributed by atoms with Crippen molar-refractivity contribution >= 4 is 11.8 Å². The van der Waals surface area contributed by atoms with Crippen LogP contribution < -0.4 is 15.5 Å². The molecular weight excluding hydrogens is 360 g/mol. The number of rotatable bonds is 6. The van der Waals surface area contributed by atoms with E-state index in [9.17, 15) is 0 Å². The van der Waals surface area contributed by atoms with Crippen molar-refractivity contribution in [3.8, 4) is 0 Å². The average Bonchev–Trinajstić information content (AvgIpc) is 3.02. The Morgan fingerprint density at radius 2 is 1.90 bits per heavy atom. The lowest BCUT2D eigenvalue weighted by Crippen LogP contribution is -2.48. The van der Waals surface area contributed by atoms with Gasteiger partial charge in [-0.3, -0.25) is 9.89 Å². The topological polar surface area (TPSA) is 55.8 Å². The zero-order chi connectivity index (χ0) is 20.5. The fraction of sp³-hybridized carbons (Fsp3) is 0.652. The summed E-state index contributed by atoms with van der Waals surface area (Å²) in [7, 11) is 1.85. The third-order valence-electron chi connectivity index (χ3n) is 5.85. The number of aromatic nitrogens is 1. The van der Waals surface area contributed by atoms with Crippen LogP contribution in [0.4, 0.5) is 5.82 Å². The predicted octanol–water partition coefficient (Wildman–Crippen LogP) is 3.17. The molecule has 160 valence electrons. The Bertz CT molecular complexity index is 670. The van der Waals surface area contributed by atoms with E-state index in [0.717, 1.165) is 63.9 Å². The number of guanidine groups is 1. The van der Waals surface area contributed by atoms with Gasteiger partial charge in [-0.2, -0.15) is 0 Å². The highest BCUT2D eigenvalue weighted by Gasteiger charge is 2.19.